The topological polar surface area (TPSA) is 101 Å². The molecule has 0 aliphatic rings. The number of hydrogen-bond donors (Lipinski definition) is 2. The summed E-state index contributed by atoms with van der Waals surface area (Å²) >= 11 is -0.0326. The van der Waals surface area contributed by atoms with Crippen molar-refractivity contribution in [3.8, 4) is 45.5 Å². The Morgan fingerprint density at radius 1 is 0.407 bits per heavy atom. The minimum atomic E-state index is -0.0326. The third-order valence-corrected chi connectivity index (χ3v) is 11.9. The first-order chi connectivity index (χ1) is 29.1. The van der Waals surface area contributed by atoms with Crippen LogP contribution in [0.4, 0.5) is 0 Å². The number of aromatic nitrogens is 6. The second-order valence-corrected chi connectivity index (χ2v) is 16.1. The summed E-state index contributed by atoms with van der Waals surface area (Å²) in [6.45, 7) is 0. The number of fused-ring (bicyclic) bond motifs is 2. The van der Waals surface area contributed by atoms with Crippen LogP contribution in [-0.2, 0) is 12.8 Å². The number of imidazole rings is 2. The predicted molar refractivity (Wildman–Crippen MR) is 236 cm³/mol. The van der Waals surface area contributed by atoms with Gasteiger partial charge in [0, 0.05) is 23.7 Å². The van der Waals surface area contributed by atoms with Crippen molar-refractivity contribution in [3.63, 3.8) is 0 Å². The van der Waals surface area contributed by atoms with Crippen LogP contribution in [0.5, 0.6) is 11.8 Å². The van der Waals surface area contributed by atoms with Gasteiger partial charge in [-0.3, -0.25) is 4.40 Å². The van der Waals surface area contributed by atoms with Crippen molar-refractivity contribution in [1.82, 2.24) is 28.7 Å². The number of hydrogen-bond acceptors (Lipinski definition) is 6. The van der Waals surface area contributed by atoms with E-state index in [9.17, 15) is 10.2 Å². The van der Waals surface area contributed by atoms with E-state index in [1.807, 2.05) is 182 Å². The molecule has 0 aliphatic heterocycles. The molecule has 4 heterocycles. The average molecular weight is 834 g/mol. The van der Waals surface area contributed by atoms with E-state index in [0.29, 0.717) is 29.9 Å². The predicted octanol–water partition coefficient (Wildman–Crippen LogP) is 8.71. The molecule has 0 spiro atoms. The van der Waals surface area contributed by atoms with Gasteiger partial charge in [-0.1, -0.05) is 91.0 Å². The van der Waals surface area contributed by atoms with Gasteiger partial charge in [-0.25, -0.2) is 9.97 Å². The Morgan fingerprint density at radius 2 is 0.797 bits per heavy atom. The Bertz CT molecular complexity index is 2960. The first-order valence-corrected chi connectivity index (χ1v) is 21.0. The summed E-state index contributed by atoms with van der Waals surface area (Å²) in [6, 6.07) is 60.5. The van der Waals surface area contributed by atoms with E-state index in [2.05, 4.69) is 12.1 Å². The fourth-order valence-electron chi connectivity index (χ4n) is 6.91. The van der Waals surface area contributed by atoms with Crippen LogP contribution >= 0.6 is 0 Å². The monoisotopic (exact) mass is 834 g/mol. The number of aromatic hydroxyl groups is 2. The molecular weight excluding hydrogens is 796 g/mol. The maximum absolute atomic E-state index is 11.0. The first kappa shape index (κ1) is 37.3. The molecule has 0 unspecified atom stereocenters. The van der Waals surface area contributed by atoms with Crippen LogP contribution < -0.4 is 9.05 Å². The van der Waals surface area contributed by atoms with Gasteiger partial charge in [0.2, 0.25) is 5.88 Å². The van der Waals surface area contributed by atoms with Crippen LogP contribution in [0, 0.1) is 0 Å². The van der Waals surface area contributed by atoms with Crippen LogP contribution in [0.15, 0.2) is 194 Å². The summed E-state index contributed by atoms with van der Waals surface area (Å²) in [6.07, 6.45) is 4.87. The van der Waals surface area contributed by atoms with Crippen molar-refractivity contribution in [2.45, 2.75) is 12.8 Å². The number of rotatable bonds is 9. The number of nitrogens with zero attached hydrogens (tertiary/aromatic N) is 6. The molecule has 59 heavy (non-hydrogen) atoms. The van der Waals surface area contributed by atoms with E-state index in [-0.39, 0.29) is 26.7 Å². The normalized spacial score (nSPS) is 11.1. The Balaban J connectivity index is 0.000000152. The molecule has 10 aromatic rings. The molecule has 10 rings (SSSR count). The molecule has 0 amide bonds. The molecule has 0 saturated heterocycles. The van der Waals surface area contributed by atoms with Crippen molar-refractivity contribution in [3.05, 3.63) is 217 Å². The quantitative estimate of drug-likeness (QED) is 0.141. The van der Waals surface area contributed by atoms with E-state index in [4.69, 9.17) is 19.9 Å². The third kappa shape index (κ3) is 8.25. The first-order valence-electron chi connectivity index (χ1n) is 19.3. The number of benzene rings is 6. The molecule has 0 atom stereocenters. The van der Waals surface area contributed by atoms with Crippen molar-refractivity contribution in [1.29, 1.82) is 0 Å². The van der Waals surface area contributed by atoms with Crippen LogP contribution in [0.2, 0.25) is 0 Å². The van der Waals surface area contributed by atoms with Crippen LogP contribution in [0.3, 0.4) is 0 Å². The van der Waals surface area contributed by atoms with Crippen LogP contribution in [-0.4, -0.2) is 53.9 Å². The van der Waals surface area contributed by atoms with E-state index >= 15 is 0 Å². The van der Waals surface area contributed by atoms with E-state index in [1.54, 1.807) is 8.80 Å². The van der Waals surface area contributed by atoms with Crippen molar-refractivity contribution in [2.24, 2.45) is 0 Å². The van der Waals surface area contributed by atoms with E-state index < -0.39 is 0 Å². The second-order valence-electron chi connectivity index (χ2n) is 13.9. The summed E-state index contributed by atoms with van der Waals surface area (Å²) in [5.41, 5.74) is 10.2. The fourth-order valence-corrected chi connectivity index (χ4v) is 8.79. The molecular formula is C50H38N6O2Se. The average Bonchev–Trinajstić information content (AvgIpc) is 3.79. The molecule has 8 nitrogen and oxygen atoms in total. The molecule has 4 aromatic heterocycles. The van der Waals surface area contributed by atoms with Gasteiger partial charge in [0.05, 0.1) is 5.69 Å². The summed E-state index contributed by atoms with van der Waals surface area (Å²) in [5, 5.41) is 22.0. The zero-order chi connectivity index (χ0) is 40.0. The summed E-state index contributed by atoms with van der Waals surface area (Å²) < 4.78 is 5.66. The summed E-state index contributed by atoms with van der Waals surface area (Å²) in [4.78, 5) is 19.4. The second kappa shape index (κ2) is 17.0. The zero-order valence-electron chi connectivity index (χ0n) is 31.9. The molecule has 9 heteroatoms. The van der Waals surface area contributed by atoms with Crippen molar-refractivity contribution in [2.75, 3.05) is 0 Å². The van der Waals surface area contributed by atoms with Gasteiger partial charge in [0.1, 0.15) is 11.4 Å². The Kier molecular flexibility index (Phi) is 10.8. The molecule has 2 N–H and O–H groups in total. The van der Waals surface area contributed by atoms with E-state index in [1.165, 1.54) is 4.46 Å². The van der Waals surface area contributed by atoms with Gasteiger partial charge in [0.25, 0.3) is 0 Å². The van der Waals surface area contributed by atoms with E-state index in [0.717, 1.165) is 55.1 Å². The van der Waals surface area contributed by atoms with Gasteiger partial charge in [-0.05, 0) is 5.56 Å². The van der Waals surface area contributed by atoms with Gasteiger partial charge in [0.15, 0.2) is 5.65 Å². The standard InChI is InChI=1S/C25H19N3OSe.C25H19N3O/c29-25-21(16-18-10-4-1-5-11-18)26-23-24(30-20-14-8-3-9-15-20)27-22(17-28(23)25)19-12-6-2-7-13-19;29-25-21(16-18-10-4-1-5-11-18)27-24-23(20-14-8-3-9-15-20)26-22(17-28(24)25)19-12-6-2-7-13-19/h1-15,17,29H,16H2;1-15,17,29H,16H2. The zero-order valence-corrected chi connectivity index (χ0v) is 33.6. The van der Waals surface area contributed by atoms with Crippen LogP contribution in [0.25, 0.3) is 45.1 Å². The van der Waals surface area contributed by atoms with Gasteiger partial charge in [-0.2, -0.15) is 0 Å². The molecule has 0 saturated carbocycles. The Morgan fingerprint density at radius 3 is 1.29 bits per heavy atom. The van der Waals surface area contributed by atoms with Crippen molar-refractivity contribution >= 4 is 35.3 Å². The molecule has 6 aromatic carbocycles. The Hall–Kier alpha value is -7.32. The molecule has 0 fully saturated rings. The molecule has 0 aliphatic carbocycles. The van der Waals surface area contributed by atoms with Gasteiger partial charge >= 0.3 is 181 Å². The minimum absolute atomic E-state index is 0.0326. The summed E-state index contributed by atoms with van der Waals surface area (Å²) in [7, 11) is 0. The fraction of sp³-hybridized carbons (Fsp3) is 0.0400. The maximum atomic E-state index is 11.0. The third-order valence-electron chi connectivity index (χ3n) is 9.84. The Labute approximate surface area is 348 Å². The van der Waals surface area contributed by atoms with Crippen molar-refractivity contribution < 1.29 is 10.2 Å². The molecule has 0 radical (unpaired) electrons. The van der Waals surface area contributed by atoms with Gasteiger partial charge < -0.3 is 5.11 Å². The summed E-state index contributed by atoms with van der Waals surface area (Å²) in [5.74, 6) is 0.333. The van der Waals surface area contributed by atoms with Gasteiger partial charge in [-0.15, -0.1) is 0 Å². The molecule has 0 bridgehead atoms. The molecule has 286 valence electrons. The SMILES string of the molecule is Oc1c(Cc2ccccc2)nc2c(-c3ccccc3)nc(-c3ccccc3)cn12.Oc1c(Cc2ccccc2)nc2c([Se]c3ccccc3)nc(-c3ccccc3)cn12. The van der Waals surface area contributed by atoms with Crippen LogP contribution in [0.1, 0.15) is 22.5 Å².